The minimum Gasteiger partial charge on any atom is -0.368 e. The molecule has 1 aliphatic heterocycles. The van der Waals surface area contributed by atoms with Gasteiger partial charge in [0.1, 0.15) is 17.2 Å². The van der Waals surface area contributed by atoms with Gasteiger partial charge in [-0.25, -0.2) is 9.97 Å². The van der Waals surface area contributed by atoms with Gasteiger partial charge in [-0.1, -0.05) is 60.7 Å². The zero-order chi connectivity index (χ0) is 27.9. The number of likely N-dealkylation sites (N-methyl/N-ethyl adjacent to an activating group) is 1. The van der Waals surface area contributed by atoms with Crippen LogP contribution in [0.2, 0.25) is 0 Å². The predicted molar refractivity (Wildman–Crippen MR) is 158 cm³/mol. The van der Waals surface area contributed by atoms with Crippen molar-refractivity contribution in [2.24, 2.45) is 0 Å². The van der Waals surface area contributed by atoms with E-state index in [0.717, 1.165) is 49.8 Å². The maximum Gasteiger partial charge on any atom is 0.270 e. The summed E-state index contributed by atoms with van der Waals surface area (Å²) in [6.07, 6.45) is 2.93. The summed E-state index contributed by atoms with van der Waals surface area (Å²) in [4.78, 5) is 41.9. The van der Waals surface area contributed by atoms with Crippen LogP contribution in [0.4, 0.5) is 5.82 Å². The third kappa shape index (κ3) is 6.66. The number of aromatic amines is 1. The number of nitrogens with zero attached hydrogens (tertiary/aromatic N) is 4. The van der Waals surface area contributed by atoms with E-state index < -0.39 is 0 Å². The van der Waals surface area contributed by atoms with Gasteiger partial charge in [0.15, 0.2) is 5.82 Å². The van der Waals surface area contributed by atoms with E-state index in [4.69, 9.17) is 9.97 Å². The van der Waals surface area contributed by atoms with Crippen LogP contribution in [0.1, 0.15) is 35.8 Å². The fourth-order valence-electron chi connectivity index (χ4n) is 5.21. The number of fused-ring (bicyclic) bond motifs is 1. The van der Waals surface area contributed by atoms with Crippen LogP contribution in [0.3, 0.4) is 0 Å². The maximum atomic E-state index is 13.5. The predicted octanol–water partition coefficient (Wildman–Crippen LogP) is 3.95. The molecule has 0 saturated carbocycles. The highest BCUT2D eigenvalue weighted by molar-refractivity contribution is 6.00. The van der Waals surface area contributed by atoms with Crippen molar-refractivity contribution in [3.05, 3.63) is 78.0 Å². The van der Waals surface area contributed by atoms with Gasteiger partial charge in [0, 0.05) is 51.3 Å². The van der Waals surface area contributed by atoms with Crippen molar-refractivity contribution in [2.75, 3.05) is 45.1 Å². The second kappa shape index (κ2) is 12.7. The van der Waals surface area contributed by atoms with E-state index in [1.54, 1.807) is 0 Å². The molecule has 9 heteroatoms. The Balaban J connectivity index is 1.27. The summed E-state index contributed by atoms with van der Waals surface area (Å²) in [6, 6.07) is 22.6. The van der Waals surface area contributed by atoms with Gasteiger partial charge < -0.3 is 25.4 Å². The molecule has 0 atom stereocenters. The van der Waals surface area contributed by atoms with E-state index >= 15 is 0 Å². The number of aromatic nitrogens is 3. The van der Waals surface area contributed by atoms with E-state index in [0.29, 0.717) is 42.1 Å². The van der Waals surface area contributed by atoms with Gasteiger partial charge in [0.2, 0.25) is 5.91 Å². The van der Waals surface area contributed by atoms with Crippen LogP contribution in [0.15, 0.2) is 66.7 Å². The first-order chi connectivity index (χ1) is 19.5. The molecule has 3 N–H and O–H groups in total. The SMILES string of the molecule is CC(=O)NCCNc1nc(-c2ccccc2)nc2[nH]c(C(=O)N3CCC(N(C)CCc4ccccc4)CC3)cc12. The van der Waals surface area contributed by atoms with E-state index in [1.165, 1.54) is 12.5 Å². The zero-order valence-corrected chi connectivity index (χ0v) is 23.2. The molecule has 1 fully saturated rings. The van der Waals surface area contributed by atoms with E-state index in [2.05, 4.69) is 51.8 Å². The molecule has 1 saturated heterocycles. The standard InChI is InChI=1S/C31H37N7O2/c1-22(39)32-16-17-33-29-26-21-27(34-30(26)36-28(35-29)24-11-7-4-8-12-24)31(40)38-19-14-25(15-20-38)37(2)18-13-23-9-5-3-6-10-23/h3-12,21,25H,13-20H2,1-2H3,(H,32,39)(H2,33,34,35,36). The third-order valence-corrected chi connectivity index (χ3v) is 7.51. The van der Waals surface area contributed by atoms with Gasteiger partial charge in [-0.3, -0.25) is 9.59 Å². The first-order valence-electron chi connectivity index (χ1n) is 14.0. The summed E-state index contributed by atoms with van der Waals surface area (Å²) < 4.78 is 0. The minimum absolute atomic E-state index is 0.0196. The zero-order valence-electron chi connectivity index (χ0n) is 23.2. The van der Waals surface area contributed by atoms with Crippen LogP contribution in [0, 0.1) is 0 Å². The Morgan fingerprint density at radius 1 is 1.00 bits per heavy atom. The number of amides is 2. The maximum absolute atomic E-state index is 13.5. The summed E-state index contributed by atoms with van der Waals surface area (Å²) in [7, 11) is 2.19. The lowest BCUT2D eigenvalue weighted by Gasteiger charge is -2.36. The van der Waals surface area contributed by atoms with Gasteiger partial charge in [0.05, 0.1) is 5.39 Å². The Morgan fingerprint density at radius 2 is 1.70 bits per heavy atom. The number of benzene rings is 2. The quantitative estimate of drug-likeness (QED) is 0.264. The number of nitrogens with one attached hydrogen (secondary N) is 3. The van der Waals surface area contributed by atoms with Crippen molar-refractivity contribution in [1.29, 1.82) is 0 Å². The second-order valence-corrected chi connectivity index (χ2v) is 10.4. The molecular weight excluding hydrogens is 502 g/mol. The first-order valence-corrected chi connectivity index (χ1v) is 14.0. The van der Waals surface area contributed by atoms with Crippen LogP contribution in [0.5, 0.6) is 0 Å². The summed E-state index contributed by atoms with van der Waals surface area (Å²) in [5, 5.41) is 6.85. The molecule has 40 heavy (non-hydrogen) atoms. The highest BCUT2D eigenvalue weighted by Gasteiger charge is 2.27. The molecule has 4 aromatic rings. The Kier molecular flexibility index (Phi) is 8.71. The van der Waals surface area contributed by atoms with Gasteiger partial charge in [-0.05, 0) is 37.9 Å². The van der Waals surface area contributed by atoms with Crippen molar-refractivity contribution >= 4 is 28.7 Å². The molecule has 0 unspecified atom stereocenters. The number of anilines is 1. The molecule has 9 nitrogen and oxygen atoms in total. The molecule has 0 spiro atoms. The topological polar surface area (TPSA) is 106 Å². The molecule has 1 aliphatic rings. The van der Waals surface area contributed by atoms with Gasteiger partial charge in [-0.15, -0.1) is 0 Å². The Hall–Kier alpha value is -4.24. The lowest BCUT2D eigenvalue weighted by Crippen LogP contribution is -2.46. The fraction of sp³-hybridized carbons (Fsp3) is 0.355. The molecule has 2 aromatic heterocycles. The monoisotopic (exact) mass is 539 g/mol. The summed E-state index contributed by atoms with van der Waals surface area (Å²) >= 11 is 0. The molecule has 0 radical (unpaired) electrons. The Bertz CT molecular complexity index is 1430. The number of carbonyl (C=O) groups is 2. The molecule has 2 amide bonds. The smallest absolute Gasteiger partial charge is 0.270 e. The number of H-pyrrole nitrogens is 1. The molecule has 0 bridgehead atoms. The van der Waals surface area contributed by atoms with Crippen LogP contribution >= 0.6 is 0 Å². The number of hydrogen-bond acceptors (Lipinski definition) is 6. The number of hydrogen-bond donors (Lipinski definition) is 3. The average Bonchev–Trinajstić information content (AvgIpc) is 3.43. The van der Waals surface area contributed by atoms with E-state index in [9.17, 15) is 9.59 Å². The number of piperidine rings is 1. The fourth-order valence-corrected chi connectivity index (χ4v) is 5.21. The van der Waals surface area contributed by atoms with Crippen molar-refractivity contribution in [2.45, 2.75) is 32.2 Å². The number of rotatable bonds is 10. The molecule has 2 aromatic carbocycles. The lowest BCUT2D eigenvalue weighted by molar-refractivity contribution is -0.118. The van der Waals surface area contributed by atoms with Crippen molar-refractivity contribution < 1.29 is 9.59 Å². The Labute approximate surface area is 235 Å². The minimum atomic E-state index is -0.0831. The normalized spacial score (nSPS) is 14.0. The largest absolute Gasteiger partial charge is 0.368 e. The van der Waals surface area contributed by atoms with Crippen LogP contribution in [-0.4, -0.2) is 82.4 Å². The first kappa shape index (κ1) is 27.3. The van der Waals surface area contributed by atoms with Crippen molar-refractivity contribution in [3.63, 3.8) is 0 Å². The third-order valence-electron chi connectivity index (χ3n) is 7.51. The van der Waals surface area contributed by atoms with Gasteiger partial charge in [-0.2, -0.15) is 0 Å². The van der Waals surface area contributed by atoms with Crippen LogP contribution in [-0.2, 0) is 11.2 Å². The average molecular weight is 540 g/mol. The van der Waals surface area contributed by atoms with E-state index in [1.807, 2.05) is 47.4 Å². The van der Waals surface area contributed by atoms with Crippen LogP contribution in [0.25, 0.3) is 22.4 Å². The second-order valence-electron chi connectivity index (χ2n) is 10.4. The highest BCUT2D eigenvalue weighted by atomic mass is 16.2. The number of carbonyl (C=O) groups excluding carboxylic acids is 2. The summed E-state index contributed by atoms with van der Waals surface area (Å²) in [5.74, 6) is 1.09. The van der Waals surface area contributed by atoms with Gasteiger partial charge in [0.25, 0.3) is 5.91 Å². The Morgan fingerprint density at radius 3 is 2.40 bits per heavy atom. The molecular formula is C31H37N7O2. The van der Waals surface area contributed by atoms with Gasteiger partial charge >= 0.3 is 0 Å². The van der Waals surface area contributed by atoms with Crippen molar-refractivity contribution in [3.8, 4) is 11.4 Å². The lowest BCUT2D eigenvalue weighted by atomic mass is 10.0. The number of likely N-dealkylation sites (tertiary alicyclic amines) is 1. The van der Waals surface area contributed by atoms with E-state index in [-0.39, 0.29) is 11.8 Å². The summed E-state index contributed by atoms with van der Waals surface area (Å²) in [6.45, 7) is 4.90. The molecule has 208 valence electrons. The van der Waals surface area contributed by atoms with Crippen molar-refractivity contribution in [1.82, 2.24) is 30.1 Å². The highest BCUT2D eigenvalue weighted by Crippen LogP contribution is 2.27. The molecule has 3 heterocycles. The summed E-state index contributed by atoms with van der Waals surface area (Å²) in [5.41, 5.74) is 3.35. The molecule has 5 rings (SSSR count). The molecule has 0 aliphatic carbocycles. The van der Waals surface area contributed by atoms with Crippen LogP contribution < -0.4 is 10.6 Å².